The summed E-state index contributed by atoms with van der Waals surface area (Å²) in [7, 11) is -4.20. The van der Waals surface area contributed by atoms with Gasteiger partial charge in [-0.15, -0.1) is 4.91 Å². The highest BCUT2D eigenvalue weighted by molar-refractivity contribution is 7.99. The Morgan fingerprint density at radius 2 is 1.82 bits per heavy atom. The first kappa shape index (κ1) is 22.2. The van der Waals surface area contributed by atoms with Crippen molar-refractivity contribution in [2.75, 3.05) is 16.2 Å². The van der Waals surface area contributed by atoms with E-state index in [0.717, 1.165) is 22.0 Å². The standard InChI is InChI=1S/C22H18N6O3S2/c23-12-14-11-15(6-7-16(14)24)28-33(30,31)19-9-8-17(20(25)22(19)27-29)32-18-5-1-3-13-4-2-10-26-21(13)18/h1-12,23,28H,24-25H2. The minimum atomic E-state index is -4.20. The van der Waals surface area contributed by atoms with E-state index in [-0.39, 0.29) is 22.0 Å². The zero-order chi connectivity index (χ0) is 23.6. The van der Waals surface area contributed by atoms with Gasteiger partial charge in [-0.3, -0.25) is 9.71 Å². The molecule has 0 bridgehead atoms. The quantitative estimate of drug-likeness (QED) is 0.169. The molecular formula is C22H18N6O3S2. The van der Waals surface area contributed by atoms with Gasteiger partial charge in [0.15, 0.2) is 5.69 Å². The van der Waals surface area contributed by atoms with Crippen molar-refractivity contribution >= 4 is 61.7 Å². The first-order valence-corrected chi connectivity index (χ1v) is 11.8. The highest BCUT2D eigenvalue weighted by atomic mass is 32.2. The number of nitrogens with two attached hydrogens (primary N) is 2. The van der Waals surface area contributed by atoms with Crippen LogP contribution < -0.4 is 16.2 Å². The lowest BCUT2D eigenvalue weighted by molar-refractivity contribution is 0.601. The summed E-state index contributed by atoms with van der Waals surface area (Å²) < 4.78 is 28.4. The molecule has 0 aliphatic carbocycles. The number of fused-ring (bicyclic) bond motifs is 1. The number of benzene rings is 3. The van der Waals surface area contributed by atoms with E-state index in [9.17, 15) is 13.3 Å². The molecule has 0 amide bonds. The second kappa shape index (κ2) is 8.88. The molecule has 1 aromatic heterocycles. The van der Waals surface area contributed by atoms with Crippen molar-refractivity contribution in [3.63, 3.8) is 0 Å². The summed E-state index contributed by atoms with van der Waals surface area (Å²) in [6.45, 7) is 0. The molecule has 0 aliphatic rings. The van der Waals surface area contributed by atoms with Gasteiger partial charge >= 0.3 is 0 Å². The van der Waals surface area contributed by atoms with E-state index in [1.54, 1.807) is 6.20 Å². The monoisotopic (exact) mass is 478 g/mol. The Labute approximate surface area is 193 Å². The average Bonchev–Trinajstić information content (AvgIpc) is 2.81. The van der Waals surface area contributed by atoms with Crippen LogP contribution in [0.1, 0.15) is 5.56 Å². The van der Waals surface area contributed by atoms with E-state index in [1.807, 2.05) is 30.3 Å². The maximum Gasteiger partial charge on any atom is 0.264 e. The SMILES string of the molecule is N=Cc1cc(NS(=O)(=O)c2ccc(Sc3cccc4cccnc34)c(N)c2N=O)ccc1N. The third kappa shape index (κ3) is 4.36. The summed E-state index contributed by atoms with van der Waals surface area (Å²) in [6, 6.07) is 16.6. The van der Waals surface area contributed by atoms with Crippen molar-refractivity contribution < 1.29 is 8.42 Å². The molecule has 0 fully saturated rings. The van der Waals surface area contributed by atoms with Crippen LogP contribution >= 0.6 is 11.8 Å². The van der Waals surface area contributed by atoms with Gasteiger partial charge in [-0.05, 0) is 47.6 Å². The summed E-state index contributed by atoms with van der Waals surface area (Å²) in [5.41, 5.74) is 13.1. The number of hydrogen-bond donors (Lipinski definition) is 4. The van der Waals surface area contributed by atoms with Crippen LogP contribution in [-0.4, -0.2) is 19.6 Å². The minimum Gasteiger partial charge on any atom is -0.398 e. The molecule has 1 heterocycles. The van der Waals surface area contributed by atoms with E-state index in [1.165, 1.54) is 42.1 Å². The highest BCUT2D eigenvalue weighted by Crippen LogP contribution is 2.42. The van der Waals surface area contributed by atoms with Crippen molar-refractivity contribution in [1.29, 1.82) is 5.41 Å². The first-order chi connectivity index (χ1) is 15.8. The number of nitrogens with zero attached hydrogens (tertiary/aromatic N) is 2. The fourth-order valence-electron chi connectivity index (χ4n) is 3.22. The predicted octanol–water partition coefficient (Wildman–Crippen LogP) is 4.75. The lowest BCUT2D eigenvalue weighted by Crippen LogP contribution is -2.14. The third-order valence-electron chi connectivity index (χ3n) is 4.83. The lowest BCUT2D eigenvalue weighted by Gasteiger charge is -2.14. The smallest absolute Gasteiger partial charge is 0.264 e. The van der Waals surface area contributed by atoms with E-state index in [4.69, 9.17) is 16.9 Å². The zero-order valence-corrected chi connectivity index (χ0v) is 18.7. The Hall–Kier alpha value is -3.96. The Morgan fingerprint density at radius 3 is 2.58 bits per heavy atom. The molecule has 4 aromatic rings. The molecule has 4 rings (SSSR count). The van der Waals surface area contributed by atoms with Crippen LogP contribution in [0.4, 0.5) is 22.7 Å². The highest BCUT2D eigenvalue weighted by Gasteiger charge is 2.24. The lowest BCUT2D eigenvalue weighted by atomic mass is 10.2. The Bertz CT molecular complexity index is 1500. The molecule has 33 heavy (non-hydrogen) atoms. The van der Waals surface area contributed by atoms with E-state index >= 15 is 0 Å². The van der Waals surface area contributed by atoms with Crippen LogP contribution in [0.25, 0.3) is 10.9 Å². The number of nitroso groups, excluding NO2 is 1. The molecule has 0 aliphatic heterocycles. The van der Waals surface area contributed by atoms with Gasteiger partial charge in [-0.25, -0.2) is 8.42 Å². The molecule has 0 radical (unpaired) electrons. The van der Waals surface area contributed by atoms with Gasteiger partial charge < -0.3 is 16.9 Å². The molecule has 0 unspecified atom stereocenters. The molecule has 0 atom stereocenters. The number of hydrogen-bond acceptors (Lipinski definition) is 9. The van der Waals surface area contributed by atoms with Gasteiger partial charge in [-0.2, -0.15) is 0 Å². The van der Waals surface area contributed by atoms with Crippen LogP contribution in [-0.2, 0) is 10.0 Å². The maximum atomic E-state index is 13.0. The summed E-state index contributed by atoms with van der Waals surface area (Å²) in [5.74, 6) is 0. The van der Waals surface area contributed by atoms with Crippen molar-refractivity contribution in [2.24, 2.45) is 5.18 Å². The van der Waals surface area contributed by atoms with Gasteiger partial charge in [0, 0.05) is 44.5 Å². The molecule has 6 N–H and O–H groups in total. The van der Waals surface area contributed by atoms with Gasteiger partial charge in [0.2, 0.25) is 0 Å². The van der Waals surface area contributed by atoms with Gasteiger partial charge in [-0.1, -0.05) is 30.0 Å². The van der Waals surface area contributed by atoms with Crippen molar-refractivity contribution in [3.05, 3.63) is 77.3 Å². The average molecular weight is 479 g/mol. The van der Waals surface area contributed by atoms with E-state index in [2.05, 4.69) is 14.9 Å². The van der Waals surface area contributed by atoms with E-state index < -0.39 is 10.0 Å². The number of pyridine rings is 1. The molecule has 166 valence electrons. The largest absolute Gasteiger partial charge is 0.398 e. The summed E-state index contributed by atoms with van der Waals surface area (Å²) >= 11 is 1.26. The third-order valence-corrected chi connectivity index (χ3v) is 7.37. The topological polar surface area (TPSA) is 164 Å². The number of anilines is 3. The molecule has 11 heteroatoms. The van der Waals surface area contributed by atoms with Crippen LogP contribution in [0.2, 0.25) is 0 Å². The number of nitrogen functional groups attached to an aromatic ring is 2. The number of nitrogens with one attached hydrogen (secondary N) is 2. The van der Waals surface area contributed by atoms with Gasteiger partial charge in [0.25, 0.3) is 10.0 Å². The maximum absolute atomic E-state index is 13.0. The fraction of sp³-hybridized carbons (Fsp3) is 0. The molecule has 9 nitrogen and oxygen atoms in total. The van der Waals surface area contributed by atoms with Crippen LogP contribution in [0, 0.1) is 10.3 Å². The zero-order valence-electron chi connectivity index (χ0n) is 17.0. The summed E-state index contributed by atoms with van der Waals surface area (Å²) in [5, 5.41) is 11.2. The second-order valence-corrected chi connectivity index (χ2v) is 9.68. The van der Waals surface area contributed by atoms with Crippen molar-refractivity contribution in [2.45, 2.75) is 14.7 Å². The Kier molecular flexibility index (Phi) is 5.99. The fourth-order valence-corrected chi connectivity index (χ4v) is 5.41. The molecule has 0 saturated carbocycles. The molecule has 0 spiro atoms. The van der Waals surface area contributed by atoms with Gasteiger partial charge in [0.05, 0.1) is 11.2 Å². The van der Waals surface area contributed by atoms with Crippen LogP contribution in [0.5, 0.6) is 0 Å². The second-order valence-electron chi connectivity index (χ2n) is 6.94. The van der Waals surface area contributed by atoms with Crippen molar-refractivity contribution in [3.8, 4) is 0 Å². The number of rotatable bonds is 7. The Balaban J connectivity index is 1.71. The summed E-state index contributed by atoms with van der Waals surface area (Å²) in [4.78, 5) is 16.9. The first-order valence-electron chi connectivity index (χ1n) is 9.54. The minimum absolute atomic E-state index is 0.0525. The Morgan fingerprint density at radius 1 is 1.03 bits per heavy atom. The van der Waals surface area contributed by atoms with E-state index in [0.29, 0.717) is 16.1 Å². The number of para-hydroxylation sites is 1. The predicted molar refractivity (Wildman–Crippen MR) is 132 cm³/mol. The summed E-state index contributed by atoms with van der Waals surface area (Å²) in [6.07, 6.45) is 2.69. The molecule has 0 saturated heterocycles. The molecular weight excluding hydrogens is 460 g/mol. The molecule has 3 aromatic carbocycles. The number of aromatic nitrogens is 1. The van der Waals surface area contributed by atoms with Gasteiger partial charge in [0.1, 0.15) is 4.90 Å². The van der Waals surface area contributed by atoms with Crippen molar-refractivity contribution in [1.82, 2.24) is 4.98 Å². The van der Waals surface area contributed by atoms with Crippen LogP contribution in [0.3, 0.4) is 0 Å². The number of sulfonamides is 1. The van der Waals surface area contributed by atoms with Crippen LogP contribution in [0.15, 0.2) is 86.7 Å². The normalized spacial score (nSPS) is 11.3.